The van der Waals surface area contributed by atoms with E-state index in [0.717, 1.165) is 10.4 Å². The van der Waals surface area contributed by atoms with Gasteiger partial charge in [-0.05, 0) is 19.4 Å². The molecule has 20 heavy (non-hydrogen) atoms. The van der Waals surface area contributed by atoms with Crippen LogP contribution < -0.4 is 10.9 Å². The van der Waals surface area contributed by atoms with Crippen molar-refractivity contribution in [2.75, 3.05) is 0 Å². The molecule has 0 aliphatic rings. The molecular weight excluding hydrogens is 258 g/mol. The number of aromatic amines is 1. The van der Waals surface area contributed by atoms with Crippen molar-refractivity contribution >= 4 is 5.91 Å². The van der Waals surface area contributed by atoms with Gasteiger partial charge in [-0.25, -0.2) is 9.67 Å². The molecule has 0 aromatic carbocycles. The van der Waals surface area contributed by atoms with E-state index in [1.54, 1.807) is 6.20 Å². The first-order valence-electron chi connectivity index (χ1n) is 6.38. The van der Waals surface area contributed by atoms with Crippen LogP contribution in [-0.2, 0) is 7.05 Å². The Hall–Kier alpha value is -2.44. The fraction of sp³-hybridized carbons (Fsp3) is 0.385. The Morgan fingerprint density at radius 1 is 1.50 bits per heavy atom. The molecule has 0 aliphatic carbocycles. The maximum atomic E-state index is 12.1. The highest BCUT2D eigenvalue weighted by atomic mass is 16.2. The molecule has 2 rings (SSSR count). The lowest BCUT2D eigenvalue weighted by molar-refractivity contribution is 0.0926. The lowest BCUT2D eigenvalue weighted by Crippen LogP contribution is -2.31. The van der Waals surface area contributed by atoms with Crippen molar-refractivity contribution in [2.45, 2.75) is 26.3 Å². The molecule has 0 unspecified atom stereocenters. The average molecular weight is 275 g/mol. The third-order valence-electron chi connectivity index (χ3n) is 2.96. The van der Waals surface area contributed by atoms with E-state index in [4.69, 9.17) is 0 Å². The summed E-state index contributed by atoms with van der Waals surface area (Å²) in [6, 6.07) is 2.52. The number of nitrogens with zero attached hydrogens (tertiary/aromatic N) is 3. The summed E-state index contributed by atoms with van der Waals surface area (Å²) >= 11 is 0. The number of rotatable bonds is 4. The van der Waals surface area contributed by atoms with E-state index in [-0.39, 0.29) is 23.2 Å². The van der Waals surface area contributed by atoms with Crippen LogP contribution in [0.3, 0.4) is 0 Å². The van der Waals surface area contributed by atoms with E-state index >= 15 is 0 Å². The predicted molar refractivity (Wildman–Crippen MR) is 73.3 cm³/mol. The second-order valence-corrected chi connectivity index (χ2v) is 4.57. The largest absolute Gasteiger partial charge is 0.344 e. The second kappa shape index (κ2) is 5.68. The third kappa shape index (κ3) is 2.93. The minimum Gasteiger partial charge on any atom is -0.344 e. The number of carbonyl (C=O) groups is 1. The smallest absolute Gasteiger partial charge is 0.272 e. The van der Waals surface area contributed by atoms with Crippen LogP contribution in [-0.4, -0.2) is 25.7 Å². The van der Waals surface area contributed by atoms with Crippen molar-refractivity contribution in [3.63, 3.8) is 0 Å². The molecule has 0 radical (unpaired) electrons. The van der Waals surface area contributed by atoms with Gasteiger partial charge in [-0.1, -0.05) is 6.92 Å². The van der Waals surface area contributed by atoms with Crippen LogP contribution in [0.15, 0.2) is 23.1 Å². The predicted octanol–water partition coefficient (Wildman–Crippen LogP) is 0.693. The van der Waals surface area contributed by atoms with Gasteiger partial charge in [0.15, 0.2) is 0 Å². The summed E-state index contributed by atoms with van der Waals surface area (Å²) in [4.78, 5) is 30.7. The maximum absolute atomic E-state index is 12.1. The average Bonchev–Trinajstić information content (AvgIpc) is 2.85. The number of hydrogen-bond acceptors (Lipinski definition) is 4. The van der Waals surface area contributed by atoms with Gasteiger partial charge in [0.1, 0.15) is 11.5 Å². The van der Waals surface area contributed by atoms with Gasteiger partial charge in [0.25, 0.3) is 11.5 Å². The van der Waals surface area contributed by atoms with Gasteiger partial charge in [-0.2, -0.15) is 5.10 Å². The molecule has 0 fully saturated rings. The number of aryl methyl sites for hydroxylation is 2. The minimum atomic E-state index is -0.332. The van der Waals surface area contributed by atoms with Crippen LogP contribution in [0.2, 0.25) is 0 Å². The molecule has 7 heteroatoms. The van der Waals surface area contributed by atoms with E-state index in [1.165, 1.54) is 19.2 Å². The monoisotopic (exact) mass is 275 g/mol. The Bertz CT molecular complexity index is 673. The molecule has 7 nitrogen and oxygen atoms in total. The topological polar surface area (TPSA) is 92.7 Å². The van der Waals surface area contributed by atoms with Crippen LogP contribution in [0.4, 0.5) is 0 Å². The number of hydrogen-bond donors (Lipinski definition) is 2. The first-order chi connectivity index (χ1) is 9.51. The Labute approximate surface area is 116 Å². The fourth-order valence-electron chi connectivity index (χ4n) is 1.83. The molecule has 0 aliphatic heterocycles. The molecule has 2 N–H and O–H groups in total. The van der Waals surface area contributed by atoms with Gasteiger partial charge in [0, 0.05) is 25.0 Å². The Balaban J connectivity index is 2.16. The van der Waals surface area contributed by atoms with Crippen molar-refractivity contribution in [2.24, 2.45) is 7.05 Å². The summed E-state index contributed by atoms with van der Waals surface area (Å²) in [6.45, 7) is 3.86. The van der Waals surface area contributed by atoms with Crippen LogP contribution in [0.1, 0.15) is 41.4 Å². The molecule has 2 aromatic heterocycles. The Morgan fingerprint density at radius 3 is 2.80 bits per heavy atom. The fourth-order valence-corrected chi connectivity index (χ4v) is 1.83. The minimum absolute atomic E-state index is 0.203. The zero-order valence-electron chi connectivity index (χ0n) is 11.7. The van der Waals surface area contributed by atoms with Gasteiger partial charge in [-0.3, -0.25) is 9.59 Å². The summed E-state index contributed by atoms with van der Waals surface area (Å²) in [5.74, 6) is 0.379. The van der Waals surface area contributed by atoms with E-state index in [1.807, 2.05) is 13.8 Å². The molecule has 2 heterocycles. The highest BCUT2D eigenvalue weighted by Crippen LogP contribution is 2.13. The van der Waals surface area contributed by atoms with E-state index in [9.17, 15) is 9.59 Å². The lowest BCUT2D eigenvalue weighted by Gasteiger charge is -2.14. The van der Waals surface area contributed by atoms with Gasteiger partial charge >= 0.3 is 0 Å². The summed E-state index contributed by atoms with van der Waals surface area (Å²) in [7, 11) is 1.51. The summed E-state index contributed by atoms with van der Waals surface area (Å²) in [5.41, 5.74) is 0.886. The van der Waals surface area contributed by atoms with Crippen molar-refractivity contribution in [1.29, 1.82) is 0 Å². The third-order valence-corrected chi connectivity index (χ3v) is 2.96. The number of amides is 1. The first-order valence-corrected chi connectivity index (χ1v) is 6.38. The SMILES string of the molecule is CC[C@@H](NC(=O)c1ccc(=O)n(C)n1)c1ncc(C)[nH]1. The van der Waals surface area contributed by atoms with Crippen molar-refractivity contribution in [1.82, 2.24) is 25.1 Å². The number of nitrogens with one attached hydrogen (secondary N) is 2. The van der Waals surface area contributed by atoms with E-state index in [2.05, 4.69) is 20.4 Å². The zero-order chi connectivity index (χ0) is 14.7. The van der Waals surface area contributed by atoms with Crippen LogP contribution in [0.5, 0.6) is 0 Å². The molecule has 106 valence electrons. The van der Waals surface area contributed by atoms with Crippen LogP contribution >= 0.6 is 0 Å². The van der Waals surface area contributed by atoms with Crippen LogP contribution in [0.25, 0.3) is 0 Å². The van der Waals surface area contributed by atoms with Crippen LogP contribution in [0, 0.1) is 6.92 Å². The number of H-pyrrole nitrogens is 1. The molecular formula is C13H17N5O2. The molecule has 0 spiro atoms. The molecule has 0 saturated heterocycles. The van der Waals surface area contributed by atoms with Gasteiger partial charge < -0.3 is 10.3 Å². The highest BCUT2D eigenvalue weighted by Gasteiger charge is 2.17. The Morgan fingerprint density at radius 2 is 2.25 bits per heavy atom. The van der Waals surface area contributed by atoms with Crippen molar-refractivity contribution in [3.8, 4) is 0 Å². The standard InChI is InChI=1S/C13H17N5O2/c1-4-9(12-14-7-8(2)15-12)16-13(20)10-5-6-11(19)18(3)17-10/h5-7,9H,4H2,1-3H3,(H,14,15)(H,16,20)/t9-/m1/s1. The maximum Gasteiger partial charge on any atom is 0.272 e. The summed E-state index contributed by atoms with van der Waals surface area (Å²) in [5, 5.41) is 6.77. The second-order valence-electron chi connectivity index (χ2n) is 4.57. The number of carbonyl (C=O) groups excluding carboxylic acids is 1. The molecule has 1 atom stereocenters. The normalized spacial score (nSPS) is 12.2. The van der Waals surface area contributed by atoms with Gasteiger partial charge in [0.05, 0.1) is 6.04 Å². The number of aromatic nitrogens is 4. The Kier molecular flexibility index (Phi) is 3.97. The molecule has 0 bridgehead atoms. The molecule has 1 amide bonds. The lowest BCUT2D eigenvalue weighted by atomic mass is 10.2. The van der Waals surface area contributed by atoms with Crippen molar-refractivity contribution < 1.29 is 4.79 Å². The zero-order valence-corrected chi connectivity index (χ0v) is 11.7. The molecule has 0 saturated carbocycles. The molecule has 2 aromatic rings. The van der Waals surface area contributed by atoms with Gasteiger partial charge in [0.2, 0.25) is 0 Å². The summed E-state index contributed by atoms with van der Waals surface area (Å²) < 4.78 is 1.13. The first kappa shape index (κ1) is 14.0. The number of imidazole rings is 1. The van der Waals surface area contributed by atoms with Crippen molar-refractivity contribution in [3.05, 3.63) is 45.9 Å². The quantitative estimate of drug-likeness (QED) is 0.858. The summed E-state index contributed by atoms with van der Waals surface area (Å²) in [6.07, 6.45) is 2.42. The van der Waals surface area contributed by atoms with E-state index in [0.29, 0.717) is 12.2 Å². The highest BCUT2D eigenvalue weighted by molar-refractivity contribution is 5.92. The van der Waals surface area contributed by atoms with E-state index < -0.39 is 0 Å². The van der Waals surface area contributed by atoms with Gasteiger partial charge in [-0.15, -0.1) is 0 Å².